The highest BCUT2D eigenvalue weighted by Crippen LogP contribution is 2.49. The minimum atomic E-state index is -0.980. The molecule has 178 valence electrons. The van der Waals surface area contributed by atoms with Crippen molar-refractivity contribution >= 4 is 28.2 Å². The number of rotatable bonds is 6. The predicted molar refractivity (Wildman–Crippen MR) is 129 cm³/mol. The maximum atomic E-state index is 13.4. The summed E-state index contributed by atoms with van der Waals surface area (Å²) in [6, 6.07) is 14.6. The zero-order valence-electron chi connectivity index (χ0n) is 18.7. The van der Waals surface area contributed by atoms with Crippen LogP contribution >= 0.6 is 11.3 Å². The van der Waals surface area contributed by atoms with Gasteiger partial charge in [-0.05, 0) is 47.7 Å². The van der Waals surface area contributed by atoms with Crippen molar-refractivity contribution in [2.24, 2.45) is 0 Å². The van der Waals surface area contributed by atoms with E-state index in [-0.39, 0.29) is 12.7 Å². The molecule has 0 radical (unpaired) electrons. The molecule has 0 aliphatic carbocycles. The number of benzene rings is 2. The number of hydrogen-bond acceptors (Lipinski definition) is 8. The predicted octanol–water partition coefficient (Wildman–Crippen LogP) is 3.84. The van der Waals surface area contributed by atoms with E-state index in [1.807, 2.05) is 29.6 Å². The third kappa shape index (κ3) is 3.68. The summed E-state index contributed by atoms with van der Waals surface area (Å²) in [6.07, 6.45) is -0.275. The van der Waals surface area contributed by atoms with Crippen LogP contribution in [0.15, 0.2) is 63.1 Å². The Morgan fingerprint density at radius 2 is 2.03 bits per heavy atom. The molecule has 35 heavy (non-hydrogen) atoms. The molecule has 6 rings (SSSR count). The molecule has 0 saturated heterocycles. The van der Waals surface area contributed by atoms with Gasteiger partial charge in [-0.25, -0.2) is 4.79 Å². The van der Waals surface area contributed by atoms with Gasteiger partial charge in [0.15, 0.2) is 17.6 Å². The third-order valence-corrected chi connectivity index (χ3v) is 7.14. The summed E-state index contributed by atoms with van der Waals surface area (Å²) in [7, 11) is 1.52. The van der Waals surface area contributed by atoms with Crippen LogP contribution in [0.2, 0.25) is 0 Å². The number of methoxy groups -OCH3 is 1. The Morgan fingerprint density at radius 1 is 1.14 bits per heavy atom. The topological polar surface area (TPSA) is 96.2 Å². The van der Waals surface area contributed by atoms with E-state index in [2.05, 4.69) is 5.32 Å². The van der Waals surface area contributed by atoms with Gasteiger partial charge >= 0.3 is 5.63 Å². The van der Waals surface area contributed by atoms with Crippen LogP contribution in [0.5, 0.6) is 23.0 Å². The lowest BCUT2D eigenvalue weighted by atomic mass is 9.87. The van der Waals surface area contributed by atoms with E-state index in [9.17, 15) is 9.59 Å². The lowest BCUT2D eigenvalue weighted by molar-refractivity contribution is -0.127. The highest BCUT2D eigenvalue weighted by molar-refractivity contribution is 7.09. The average molecular weight is 492 g/mol. The number of thiophene rings is 1. The van der Waals surface area contributed by atoms with Crippen molar-refractivity contribution in [1.82, 2.24) is 5.32 Å². The van der Waals surface area contributed by atoms with Gasteiger partial charge in [0.2, 0.25) is 12.5 Å². The zero-order valence-corrected chi connectivity index (χ0v) is 19.6. The van der Waals surface area contributed by atoms with Gasteiger partial charge in [-0.15, -0.1) is 11.3 Å². The molecule has 2 aromatic carbocycles. The Balaban J connectivity index is 1.43. The molecule has 0 saturated carbocycles. The maximum absolute atomic E-state index is 13.4. The molecule has 2 aliphatic heterocycles. The van der Waals surface area contributed by atoms with E-state index in [0.717, 1.165) is 0 Å². The van der Waals surface area contributed by atoms with Crippen LogP contribution in [0.25, 0.3) is 11.0 Å². The molecule has 2 atom stereocenters. The fraction of sp³-hybridized carbons (Fsp3) is 0.231. The molecule has 0 fully saturated rings. The summed E-state index contributed by atoms with van der Waals surface area (Å²) in [5.41, 5.74) is 0.778. The molecule has 9 heteroatoms. The van der Waals surface area contributed by atoms with Crippen LogP contribution in [0.3, 0.4) is 0 Å². The minimum absolute atomic E-state index is 0.0618. The number of fused-ring (bicyclic) bond motifs is 4. The number of amides is 1. The second-order valence-corrected chi connectivity index (χ2v) is 9.25. The normalized spacial score (nSPS) is 17.7. The van der Waals surface area contributed by atoms with Crippen LogP contribution in [0.1, 0.15) is 21.9 Å². The number of ether oxygens (including phenoxy) is 4. The first-order valence-corrected chi connectivity index (χ1v) is 12.0. The molecule has 8 nitrogen and oxygen atoms in total. The first-order valence-electron chi connectivity index (χ1n) is 11.1. The van der Waals surface area contributed by atoms with E-state index in [1.165, 1.54) is 12.0 Å². The highest BCUT2D eigenvalue weighted by atomic mass is 32.1. The first kappa shape index (κ1) is 21.5. The van der Waals surface area contributed by atoms with Crippen molar-refractivity contribution in [3.63, 3.8) is 0 Å². The quantitative estimate of drug-likeness (QED) is 0.410. The summed E-state index contributed by atoms with van der Waals surface area (Å²) in [6.45, 7) is 0.508. The summed E-state index contributed by atoms with van der Waals surface area (Å²) in [5, 5.41) is 5.60. The fourth-order valence-corrected chi connectivity index (χ4v) is 5.33. The van der Waals surface area contributed by atoms with Crippen LogP contribution in [-0.2, 0) is 11.2 Å². The van der Waals surface area contributed by atoms with Gasteiger partial charge in [-0.2, -0.15) is 0 Å². The van der Waals surface area contributed by atoms with E-state index in [1.54, 1.807) is 35.6 Å². The molecule has 1 amide bonds. The van der Waals surface area contributed by atoms with Crippen molar-refractivity contribution < 1.29 is 28.2 Å². The molecular formula is C26H21NO7S. The van der Waals surface area contributed by atoms with Gasteiger partial charge in [-0.3, -0.25) is 4.79 Å². The SMILES string of the molecule is COc1cc([C@H]2c3c(c4ccccc4oc3=O)O[C@H]2C(=O)NCCc2cccs2)cc2c1OCO2. The third-order valence-electron chi connectivity index (χ3n) is 6.21. The monoisotopic (exact) mass is 491 g/mol. The number of nitrogens with one attached hydrogen (secondary N) is 1. The number of carbonyl (C=O) groups is 1. The van der Waals surface area contributed by atoms with Crippen LogP contribution < -0.4 is 29.9 Å². The summed E-state index contributed by atoms with van der Waals surface area (Å²) >= 11 is 1.64. The van der Waals surface area contributed by atoms with Crippen molar-refractivity contribution in [3.05, 3.63) is 80.3 Å². The van der Waals surface area contributed by atoms with Crippen molar-refractivity contribution in [3.8, 4) is 23.0 Å². The summed E-state index contributed by atoms with van der Waals surface area (Å²) < 4.78 is 28.4. The van der Waals surface area contributed by atoms with Gasteiger partial charge in [0.1, 0.15) is 11.3 Å². The Kier molecular flexibility index (Phi) is 5.33. The minimum Gasteiger partial charge on any atom is -0.493 e. The first-order chi connectivity index (χ1) is 17.1. The van der Waals surface area contributed by atoms with Crippen molar-refractivity contribution in [2.75, 3.05) is 20.4 Å². The van der Waals surface area contributed by atoms with Gasteiger partial charge in [0, 0.05) is 11.4 Å². The Bertz CT molecular complexity index is 1480. The zero-order chi connectivity index (χ0) is 23.9. The number of para-hydroxylation sites is 1. The molecule has 4 aromatic rings. The van der Waals surface area contributed by atoms with Crippen LogP contribution in [0.4, 0.5) is 0 Å². The summed E-state index contributed by atoms with van der Waals surface area (Å²) in [5.74, 6) is 0.731. The van der Waals surface area contributed by atoms with Crippen molar-refractivity contribution in [1.29, 1.82) is 0 Å². The van der Waals surface area contributed by atoms with Crippen LogP contribution in [-0.4, -0.2) is 32.5 Å². The van der Waals surface area contributed by atoms with Crippen molar-refractivity contribution in [2.45, 2.75) is 18.4 Å². The Hall–Kier alpha value is -3.98. The lowest BCUT2D eigenvalue weighted by Crippen LogP contribution is -2.41. The second-order valence-electron chi connectivity index (χ2n) is 8.22. The average Bonchev–Trinajstić information content (AvgIpc) is 3.63. The summed E-state index contributed by atoms with van der Waals surface area (Å²) in [4.78, 5) is 27.8. The van der Waals surface area contributed by atoms with Crippen LogP contribution in [0, 0.1) is 0 Å². The lowest BCUT2D eigenvalue weighted by Gasteiger charge is -2.19. The molecular weight excluding hydrogens is 470 g/mol. The maximum Gasteiger partial charge on any atom is 0.344 e. The van der Waals surface area contributed by atoms with Gasteiger partial charge in [0.05, 0.1) is 24.0 Å². The molecule has 1 N–H and O–H groups in total. The molecule has 2 aromatic heterocycles. The largest absolute Gasteiger partial charge is 0.493 e. The molecule has 2 aliphatic rings. The molecule has 4 heterocycles. The van der Waals surface area contributed by atoms with Gasteiger partial charge < -0.3 is 28.7 Å². The van der Waals surface area contributed by atoms with E-state index >= 15 is 0 Å². The highest BCUT2D eigenvalue weighted by Gasteiger charge is 2.45. The Labute approximate surface area is 204 Å². The second kappa shape index (κ2) is 8.66. The molecule has 0 unspecified atom stereocenters. The standard InChI is InChI=1S/C26H21NO7S/c1-30-18-11-14(12-19-23(18)32-13-31-19)20-21-22(16-6-2-3-7-17(16)33-26(21)29)34-24(20)25(28)27-9-8-15-5-4-10-35-15/h2-7,10-12,20,24H,8-9,13H2,1H3,(H,27,28)/t20-,24+/m0/s1. The van der Waals surface area contributed by atoms with Gasteiger partial charge in [-0.1, -0.05) is 18.2 Å². The van der Waals surface area contributed by atoms with Gasteiger partial charge in [0.25, 0.3) is 5.91 Å². The molecule has 0 bridgehead atoms. The van der Waals surface area contributed by atoms with E-state index in [4.69, 9.17) is 23.4 Å². The fourth-order valence-electron chi connectivity index (χ4n) is 4.62. The number of carbonyl (C=O) groups excluding carboxylic acids is 1. The molecule has 0 spiro atoms. The number of hydrogen-bond donors (Lipinski definition) is 1. The van der Waals surface area contributed by atoms with E-state index < -0.39 is 17.6 Å². The smallest absolute Gasteiger partial charge is 0.344 e. The Morgan fingerprint density at radius 3 is 2.86 bits per heavy atom. The van der Waals surface area contributed by atoms with E-state index in [0.29, 0.717) is 58.1 Å².